The molecule has 0 spiro atoms. The van der Waals surface area contributed by atoms with Gasteiger partial charge in [-0.1, -0.05) is 60.1 Å². The molecule has 0 bridgehead atoms. The van der Waals surface area contributed by atoms with Crippen LogP contribution in [0, 0.1) is 0 Å². The third-order valence-corrected chi connectivity index (χ3v) is 7.97. The Labute approximate surface area is 224 Å². The van der Waals surface area contributed by atoms with Gasteiger partial charge in [0.05, 0.1) is 17.0 Å². The van der Waals surface area contributed by atoms with Crippen LogP contribution in [0.2, 0.25) is 5.02 Å². The first-order valence-electron chi connectivity index (χ1n) is 12.1. The van der Waals surface area contributed by atoms with Gasteiger partial charge in [-0.15, -0.1) is 0 Å². The number of hydrogen-bond acceptors (Lipinski definition) is 4. The first-order valence-corrected chi connectivity index (χ1v) is 13.6. The zero-order valence-electron chi connectivity index (χ0n) is 20.2. The molecule has 3 aromatic carbocycles. The van der Waals surface area contributed by atoms with Gasteiger partial charge in [-0.25, -0.2) is 9.19 Å². The quantitative estimate of drug-likeness (QED) is 0.320. The number of pyridine rings is 1. The maximum absolute atomic E-state index is 13.5. The summed E-state index contributed by atoms with van der Waals surface area (Å²) in [7, 11) is -1.48. The third-order valence-electron chi connectivity index (χ3n) is 6.32. The van der Waals surface area contributed by atoms with Gasteiger partial charge in [-0.3, -0.25) is 9.10 Å². The van der Waals surface area contributed by atoms with E-state index in [0.29, 0.717) is 40.9 Å². The smallest absolute Gasteiger partial charge is 0.255 e. The highest BCUT2D eigenvalue weighted by molar-refractivity contribution is 7.86. The summed E-state index contributed by atoms with van der Waals surface area (Å²) in [5, 5.41) is 0.644. The predicted octanol–water partition coefficient (Wildman–Crippen LogP) is 5.43. The molecular formula is C29H27ClN4O2S. The lowest BCUT2D eigenvalue weighted by Gasteiger charge is -2.36. The van der Waals surface area contributed by atoms with E-state index in [0.717, 1.165) is 18.7 Å². The van der Waals surface area contributed by atoms with Crippen molar-refractivity contribution in [3.63, 3.8) is 0 Å². The van der Waals surface area contributed by atoms with Gasteiger partial charge >= 0.3 is 0 Å². The normalized spacial score (nSPS) is 14.3. The number of benzene rings is 3. The molecule has 1 fully saturated rings. The molecule has 6 nitrogen and oxygen atoms in total. The number of amides is 1. The first-order chi connectivity index (χ1) is 18.1. The molecule has 5 rings (SSSR count). The van der Waals surface area contributed by atoms with Gasteiger partial charge in [-0.05, 0) is 54.1 Å². The Hall–Kier alpha value is -3.68. The lowest BCUT2D eigenvalue weighted by atomic mass is 10.2. The molecule has 0 radical (unpaired) electrons. The van der Waals surface area contributed by atoms with Crippen LogP contribution in [0.4, 0.5) is 11.5 Å². The van der Waals surface area contributed by atoms with Crippen molar-refractivity contribution in [1.82, 2.24) is 9.88 Å². The van der Waals surface area contributed by atoms with Crippen LogP contribution >= 0.6 is 11.6 Å². The number of anilines is 2. The second-order valence-electron chi connectivity index (χ2n) is 8.75. The van der Waals surface area contributed by atoms with E-state index in [-0.39, 0.29) is 5.91 Å². The van der Waals surface area contributed by atoms with E-state index in [2.05, 4.69) is 22.0 Å². The second kappa shape index (κ2) is 11.6. The Bertz CT molecular complexity index is 1340. The van der Waals surface area contributed by atoms with Crippen molar-refractivity contribution in [3.8, 4) is 0 Å². The number of nitrogens with zero attached hydrogens (tertiary/aromatic N) is 4. The van der Waals surface area contributed by atoms with Crippen LogP contribution in [-0.2, 0) is 17.5 Å². The van der Waals surface area contributed by atoms with Crippen molar-refractivity contribution in [1.29, 1.82) is 0 Å². The zero-order valence-corrected chi connectivity index (χ0v) is 21.8. The number of halogens is 1. The van der Waals surface area contributed by atoms with Gasteiger partial charge in [0.25, 0.3) is 5.91 Å². The van der Waals surface area contributed by atoms with E-state index in [1.807, 2.05) is 77.7 Å². The molecule has 0 aliphatic carbocycles. The van der Waals surface area contributed by atoms with Crippen LogP contribution in [0.15, 0.2) is 108 Å². The number of aromatic nitrogens is 1. The minimum absolute atomic E-state index is 0.0415. The number of piperazine rings is 1. The number of hydrogen-bond donors (Lipinski definition) is 0. The number of carbonyl (C=O) groups excluding carboxylic acids is 1. The Balaban J connectivity index is 1.31. The summed E-state index contributed by atoms with van der Waals surface area (Å²) >= 11 is 6.05. The third kappa shape index (κ3) is 6.01. The van der Waals surface area contributed by atoms with E-state index in [1.54, 1.807) is 22.6 Å². The van der Waals surface area contributed by atoms with Crippen LogP contribution in [0.25, 0.3) is 0 Å². The van der Waals surface area contributed by atoms with Gasteiger partial charge in [0.2, 0.25) is 0 Å². The molecule has 1 atom stereocenters. The summed E-state index contributed by atoms with van der Waals surface area (Å²) < 4.78 is 15.2. The predicted molar refractivity (Wildman–Crippen MR) is 149 cm³/mol. The van der Waals surface area contributed by atoms with Crippen LogP contribution < -0.4 is 9.21 Å². The van der Waals surface area contributed by atoms with Crippen molar-refractivity contribution in [2.45, 2.75) is 11.4 Å². The van der Waals surface area contributed by atoms with Crippen LogP contribution in [0.1, 0.15) is 15.9 Å². The van der Waals surface area contributed by atoms with E-state index < -0.39 is 11.0 Å². The lowest BCUT2D eigenvalue weighted by molar-refractivity contribution is 0.0746. The first kappa shape index (κ1) is 25.0. The molecule has 37 heavy (non-hydrogen) atoms. The molecule has 2 heterocycles. The van der Waals surface area contributed by atoms with Crippen molar-refractivity contribution in [2.75, 3.05) is 35.4 Å². The van der Waals surface area contributed by atoms with Gasteiger partial charge in [0.1, 0.15) is 5.82 Å². The average molecular weight is 531 g/mol. The molecular weight excluding hydrogens is 504 g/mol. The molecule has 8 heteroatoms. The molecule has 1 aromatic heterocycles. The minimum atomic E-state index is -1.48. The average Bonchev–Trinajstić information content (AvgIpc) is 2.97. The maximum Gasteiger partial charge on any atom is 0.255 e. The van der Waals surface area contributed by atoms with E-state index in [1.165, 1.54) is 5.69 Å². The van der Waals surface area contributed by atoms with E-state index in [4.69, 9.17) is 11.6 Å². The molecule has 1 unspecified atom stereocenters. The summed E-state index contributed by atoms with van der Waals surface area (Å²) in [4.78, 5) is 22.6. The standard InChI is InChI=1S/C29H27ClN4O2S/c30-25-14-11-23(12-15-25)22-34(37(36)27-9-5-2-6-10-27)28-16-13-24(21-31-28)29(35)33-19-17-32(18-20-33)26-7-3-1-4-8-26/h1-16,21H,17-20,22H2. The maximum atomic E-state index is 13.5. The van der Waals surface area contributed by atoms with Crippen LogP contribution in [0.5, 0.6) is 0 Å². The van der Waals surface area contributed by atoms with Gasteiger partial charge < -0.3 is 9.80 Å². The summed E-state index contributed by atoms with van der Waals surface area (Å²) in [6.07, 6.45) is 1.58. The molecule has 0 saturated carbocycles. The lowest BCUT2D eigenvalue weighted by Crippen LogP contribution is -2.48. The van der Waals surface area contributed by atoms with Gasteiger partial charge in [-0.2, -0.15) is 0 Å². The van der Waals surface area contributed by atoms with E-state index in [9.17, 15) is 9.00 Å². The monoisotopic (exact) mass is 530 g/mol. The second-order valence-corrected chi connectivity index (χ2v) is 10.6. The number of para-hydroxylation sites is 1. The summed E-state index contributed by atoms with van der Waals surface area (Å²) in [5.41, 5.74) is 2.65. The largest absolute Gasteiger partial charge is 0.368 e. The van der Waals surface area contributed by atoms with Crippen molar-refractivity contribution in [3.05, 3.63) is 119 Å². The highest BCUT2D eigenvalue weighted by atomic mass is 35.5. The molecule has 1 saturated heterocycles. The summed E-state index contributed by atoms with van der Waals surface area (Å²) in [6, 6.07) is 30.5. The Morgan fingerprint density at radius 1 is 0.838 bits per heavy atom. The summed E-state index contributed by atoms with van der Waals surface area (Å²) in [6.45, 7) is 3.24. The van der Waals surface area contributed by atoms with Crippen LogP contribution in [-0.4, -0.2) is 46.2 Å². The fraction of sp³-hybridized carbons (Fsp3) is 0.172. The molecule has 4 aromatic rings. The zero-order chi connectivity index (χ0) is 25.6. The fourth-order valence-electron chi connectivity index (χ4n) is 4.29. The molecule has 188 valence electrons. The summed E-state index contributed by atoms with van der Waals surface area (Å²) in [5.74, 6) is 0.489. The molecule has 1 aliphatic heterocycles. The van der Waals surface area contributed by atoms with Crippen molar-refractivity contribution >= 4 is 40.0 Å². The Kier molecular flexibility index (Phi) is 7.82. The highest BCUT2D eigenvalue weighted by Crippen LogP contribution is 2.23. The SMILES string of the molecule is O=C(c1ccc(N(Cc2ccc(Cl)cc2)S(=O)c2ccccc2)nc1)N1CCN(c2ccccc2)CC1. The topological polar surface area (TPSA) is 56.8 Å². The van der Waals surface area contributed by atoms with Crippen molar-refractivity contribution < 1.29 is 9.00 Å². The molecule has 1 aliphatic rings. The molecule has 0 N–H and O–H groups in total. The van der Waals surface area contributed by atoms with E-state index >= 15 is 0 Å². The number of carbonyl (C=O) groups is 1. The number of rotatable bonds is 7. The Morgan fingerprint density at radius 3 is 2.11 bits per heavy atom. The van der Waals surface area contributed by atoms with Crippen molar-refractivity contribution in [2.24, 2.45) is 0 Å². The Morgan fingerprint density at radius 2 is 1.49 bits per heavy atom. The van der Waals surface area contributed by atoms with Crippen LogP contribution in [0.3, 0.4) is 0 Å². The fourth-order valence-corrected chi connectivity index (χ4v) is 5.61. The van der Waals surface area contributed by atoms with Gasteiger partial charge in [0.15, 0.2) is 11.0 Å². The molecule has 1 amide bonds. The van der Waals surface area contributed by atoms with Gasteiger partial charge in [0, 0.05) is 43.1 Å². The minimum Gasteiger partial charge on any atom is -0.368 e. The highest BCUT2D eigenvalue weighted by Gasteiger charge is 2.24.